The first kappa shape index (κ1) is 33.3. The number of carbonyl (C=O) groups is 1. The molecule has 0 aromatic heterocycles. The Bertz CT molecular complexity index is 1160. The number of carbonyl (C=O) groups excluding carboxylic acids is 1. The second-order valence-electron chi connectivity index (χ2n) is 11.0. The molecule has 0 aliphatic carbocycles. The van der Waals surface area contributed by atoms with Crippen molar-refractivity contribution in [2.45, 2.75) is 63.6 Å². The van der Waals surface area contributed by atoms with Crippen LogP contribution in [0.1, 0.15) is 54.9 Å². The van der Waals surface area contributed by atoms with Crippen molar-refractivity contribution in [2.75, 3.05) is 39.3 Å². The minimum Gasteiger partial charge on any atom is -0.337 e. The molecule has 8 heteroatoms. The zero-order chi connectivity index (χ0) is 29.8. The van der Waals surface area contributed by atoms with Crippen LogP contribution in [0, 0.1) is 0 Å². The number of amides is 1. The first-order valence-electron chi connectivity index (χ1n) is 14.8. The summed E-state index contributed by atoms with van der Waals surface area (Å²) in [6.07, 6.45) is 8.63. The highest BCUT2D eigenvalue weighted by Gasteiger charge is 2.36. The van der Waals surface area contributed by atoms with E-state index in [0.29, 0.717) is 36.0 Å². The Morgan fingerprint density at radius 2 is 1.85 bits per heavy atom. The van der Waals surface area contributed by atoms with E-state index in [1.54, 1.807) is 6.07 Å². The number of benzene rings is 2. The highest BCUT2D eigenvalue weighted by atomic mass is 35.5. The third-order valence-electron chi connectivity index (χ3n) is 7.88. The van der Waals surface area contributed by atoms with E-state index < -0.39 is 0 Å². The normalized spacial score (nSPS) is 18.3. The van der Waals surface area contributed by atoms with E-state index in [1.807, 2.05) is 36.4 Å². The van der Waals surface area contributed by atoms with Gasteiger partial charge in [0, 0.05) is 60.9 Å². The summed E-state index contributed by atoms with van der Waals surface area (Å²) in [6, 6.07) is 12.0. The summed E-state index contributed by atoms with van der Waals surface area (Å²) < 4.78 is 0. The maximum Gasteiger partial charge on any atom is 0.227 e. The Morgan fingerprint density at radius 3 is 2.54 bits per heavy atom. The van der Waals surface area contributed by atoms with Crippen LogP contribution in [0.3, 0.4) is 0 Å². The van der Waals surface area contributed by atoms with Crippen LogP contribution in [0.4, 0.5) is 0 Å². The monoisotopic (exact) mass is 599 g/mol. The van der Waals surface area contributed by atoms with Crippen molar-refractivity contribution in [1.29, 1.82) is 0 Å². The van der Waals surface area contributed by atoms with E-state index in [-0.39, 0.29) is 24.0 Å². The SMILES string of the molecule is C=Cc1ccc(CC(=O)N2CC(CCCNCCN)N(C[C@H](N)Cc3ccc(Cl)cc3Cl)C[C@H]2CCC)cc1C=C. The van der Waals surface area contributed by atoms with Gasteiger partial charge in [-0.15, -0.1) is 0 Å². The van der Waals surface area contributed by atoms with Gasteiger partial charge in [-0.3, -0.25) is 9.69 Å². The average Bonchev–Trinajstić information content (AvgIpc) is 2.95. The van der Waals surface area contributed by atoms with Crippen LogP contribution in [0.15, 0.2) is 49.6 Å². The van der Waals surface area contributed by atoms with Crippen LogP contribution in [0.5, 0.6) is 0 Å². The second kappa shape index (κ2) is 17.1. The molecule has 0 spiro atoms. The standard InChI is InChI=1S/C33H47Cl2N5O/c1-4-8-31-22-39(21-29(37)19-27-12-13-28(34)20-32(27)35)30(9-7-15-38-16-14-36)23-40(31)33(41)18-24-10-11-25(5-2)26(6-3)17-24/h5-6,10-13,17,20,29-31,38H,2-4,7-9,14-16,18-19,21-23,36-37H2,1H3/t29-,30?,31-/m1/s1. The predicted molar refractivity (Wildman–Crippen MR) is 175 cm³/mol. The van der Waals surface area contributed by atoms with Crippen molar-refractivity contribution in [2.24, 2.45) is 11.5 Å². The summed E-state index contributed by atoms with van der Waals surface area (Å²) >= 11 is 12.5. The summed E-state index contributed by atoms with van der Waals surface area (Å²) in [6.45, 7) is 14.6. The average molecular weight is 601 g/mol. The van der Waals surface area contributed by atoms with Gasteiger partial charge in [-0.1, -0.05) is 86.1 Å². The topological polar surface area (TPSA) is 87.6 Å². The van der Waals surface area contributed by atoms with Gasteiger partial charge < -0.3 is 21.7 Å². The number of piperazine rings is 1. The van der Waals surface area contributed by atoms with Crippen molar-refractivity contribution in [3.05, 3.63) is 81.9 Å². The van der Waals surface area contributed by atoms with Crippen LogP contribution in [0.25, 0.3) is 12.2 Å². The molecule has 1 amide bonds. The molecule has 1 saturated heterocycles. The molecule has 3 atom stereocenters. The number of hydrogen-bond acceptors (Lipinski definition) is 5. The minimum atomic E-state index is -0.0863. The molecule has 1 fully saturated rings. The van der Waals surface area contributed by atoms with Gasteiger partial charge in [0.2, 0.25) is 5.91 Å². The molecule has 224 valence electrons. The molecule has 0 saturated carbocycles. The predicted octanol–water partition coefficient (Wildman–Crippen LogP) is 5.40. The summed E-state index contributed by atoms with van der Waals surface area (Å²) in [7, 11) is 0. The minimum absolute atomic E-state index is 0.0863. The molecule has 0 bridgehead atoms. The Morgan fingerprint density at radius 1 is 1.07 bits per heavy atom. The number of nitrogens with two attached hydrogens (primary N) is 2. The number of halogens is 2. The fourth-order valence-corrected chi connectivity index (χ4v) is 6.28. The van der Waals surface area contributed by atoms with Crippen molar-refractivity contribution >= 4 is 41.3 Å². The Kier molecular flexibility index (Phi) is 13.9. The van der Waals surface area contributed by atoms with Crippen molar-refractivity contribution in [3.8, 4) is 0 Å². The van der Waals surface area contributed by atoms with Crippen molar-refractivity contribution in [1.82, 2.24) is 15.1 Å². The fourth-order valence-electron chi connectivity index (χ4n) is 5.79. The van der Waals surface area contributed by atoms with Crippen LogP contribution in [0.2, 0.25) is 10.0 Å². The van der Waals surface area contributed by atoms with E-state index >= 15 is 0 Å². The fraction of sp³-hybridized carbons (Fsp3) is 0.485. The summed E-state index contributed by atoms with van der Waals surface area (Å²) in [5, 5.41) is 4.67. The number of rotatable bonds is 16. The third kappa shape index (κ3) is 9.95. The van der Waals surface area contributed by atoms with Gasteiger partial charge in [0.25, 0.3) is 0 Å². The molecule has 5 N–H and O–H groups in total. The first-order chi connectivity index (χ1) is 19.8. The number of hydrogen-bond donors (Lipinski definition) is 3. The first-order valence-corrected chi connectivity index (χ1v) is 15.6. The summed E-state index contributed by atoms with van der Waals surface area (Å²) in [4.78, 5) is 18.4. The second-order valence-corrected chi connectivity index (χ2v) is 11.9. The van der Waals surface area contributed by atoms with Crippen LogP contribution in [-0.2, 0) is 17.6 Å². The van der Waals surface area contributed by atoms with Gasteiger partial charge in [-0.2, -0.15) is 0 Å². The van der Waals surface area contributed by atoms with Gasteiger partial charge in [0.05, 0.1) is 6.42 Å². The molecule has 2 aromatic carbocycles. The molecule has 0 radical (unpaired) electrons. The molecular weight excluding hydrogens is 553 g/mol. The summed E-state index contributed by atoms with van der Waals surface area (Å²) in [5.41, 5.74) is 16.4. The molecule has 41 heavy (non-hydrogen) atoms. The zero-order valence-corrected chi connectivity index (χ0v) is 26.0. The van der Waals surface area contributed by atoms with Gasteiger partial charge >= 0.3 is 0 Å². The van der Waals surface area contributed by atoms with Crippen molar-refractivity contribution in [3.63, 3.8) is 0 Å². The molecule has 1 unspecified atom stereocenters. The van der Waals surface area contributed by atoms with E-state index in [1.165, 1.54) is 0 Å². The largest absolute Gasteiger partial charge is 0.337 e. The lowest BCUT2D eigenvalue weighted by molar-refractivity contribution is -0.137. The van der Waals surface area contributed by atoms with Crippen LogP contribution < -0.4 is 16.8 Å². The van der Waals surface area contributed by atoms with E-state index in [0.717, 1.165) is 74.1 Å². The van der Waals surface area contributed by atoms with Gasteiger partial charge in [0.15, 0.2) is 0 Å². The third-order valence-corrected chi connectivity index (χ3v) is 8.46. The molecular formula is C33H47Cl2N5O. The molecule has 3 rings (SSSR count). The highest BCUT2D eigenvalue weighted by molar-refractivity contribution is 6.35. The molecule has 1 aliphatic rings. The number of nitrogens with zero attached hydrogens (tertiary/aromatic N) is 2. The smallest absolute Gasteiger partial charge is 0.227 e. The van der Waals surface area contributed by atoms with Gasteiger partial charge in [0.1, 0.15) is 0 Å². The molecule has 2 aromatic rings. The highest BCUT2D eigenvalue weighted by Crippen LogP contribution is 2.26. The molecule has 1 heterocycles. The molecule has 6 nitrogen and oxygen atoms in total. The van der Waals surface area contributed by atoms with E-state index in [4.69, 9.17) is 34.7 Å². The quantitative estimate of drug-likeness (QED) is 0.225. The number of nitrogens with one attached hydrogen (secondary N) is 1. The lowest BCUT2D eigenvalue weighted by atomic mass is 9.96. The lowest BCUT2D eigenvalue weighted by Crippen LogP contribution is -2.61. The van der Waals surface area contributed by atoms with Crippen LogP contribution in [-0.4, -0.2) is 73.1 Å². The van der Waals surface area contributed by atoms with Gasteiger partial charge in [-0.05, 0) is 66.6 Å². The van der Waals surface area contributed by atoms with Crippen molar-refractivity contribution < 1.29 is 4.79 Å². The van der Waals surface area contributed by atoms with Crippen LogP contribution >= 0.6 is 23.2 Å². The van der Waals surface area contributed by atoms with E-state index in [9.17, 15) is 4.79 Å². The maximum atomic E-state index is 13.8. The maximum absolute atomic E-state index is 13.8. The van der Waals surface area contributed by atoms with Gasteiger partial charge in [-0.25, -0.2) is 0 Å². The Balaban J connectivity index is 1.76. The Hall–Kier alpha value is -2.19. The lowest BCUT2D eigenvalue weighted by Gasteiger charge is -2.47. The zero-order valence-electron chi connectivity index (χ0n) is 24.5. The van der Waals surface area contributed by atoms with E-state index in [2.05, 4.69) is 41.3 Å². The Labute approximate surface area is 256 Å². The summed E-state index contributed by atoms with van der Waals surface area (Å²) in [5.74, 6) is 0.174. The molecule has 1 aliphatic heterocycles.